The first-order valence-electron chi connectivity index (χ1n) is 5.55. The molecule has 80 valence electrons. The van der Waals surface area contributed by atoms with Crippen molar-refractivity contribution in [2.75, 3.05) is 19.7 Å². The number of hydrogen-bond donors (Lipinski definition) is 0. The van der Waals surface area contributed by atoms with Crippen LogP contribution in [0, 0.1) is 17.8 Å². The van der Waals surface area contributed by atoms with E-state index < -0.39 is 0 Å². The molecule has 1 aliphatic heterocycles. The molecular weight excluding hydrogens is 178 g/mol. The van der Waals surface area contributed by atoms with Gasteiger partial charge in [-0.3, -0.25) is 4.79 Å². The molecule has 2 fully saturated rings. The molecule has 0 aromatic carbocycles. The highest BCUT2D eigenvalue weighted by molar-refractivity contribution is 5.77. The lowest BCUT2D eigenvalue weighted by Crippen LogP contribution is -2.32. The molecule has 3 heteroatoms. The van der Waals surface area contributed by atoms with Crippen LogP contribution in [0.5, 0.6) is 0 Å². The van der Waals surface area contributed by atoms with Gasteiger partial charge in [-0.2, -0.15) is 0 Å². The number of carbonyl (C=O) groups is 1. The topological polar surface area (TPSA) is 29.5 Å². The van der Waals surface area contributed by atoms with Crippen LogP contribution in [0.3, 0.4) is 0 Å². The van der Waals surface area contributed by atoms with Gasteiger partial charge in [0.05, 0.1) is 12.5 Å². The normalized spacial score (nSPS) is 35.9. The highest BCUT2D eigenvalue weighted by Crippen LogP contribution is 2.52. The monoisotopic (exact) mass is 197 g/mol. The molecule has 1 heterocycles. The van der Waals surface area contributed by atoms with Crippen LogP contribution in [0.25, 0.3) is 0 Å². The molecule has 0 N–H and O–H groups in total. The predicted molar refractivity (Wildman–Crippen MR) is 53.8 cm³/mol. The molecule has 0 unspecified atom stereocenters. The molecule has 2 aliphatic rings. The van der Waals surface area contributed by atoms with Crippen molar-refractivity contribution in [1.82, 2.24) is 4.90 Å². The van der Waals surface area contributed by atoms with Crippen molar-refractivity contribution in [3.05, 3.63) is 0 Å². The minimum Gasteiger partial charge on any atom is -0.466 e. The zero-order valence-electron chi connectivity index (χ0n) is 9.19. The van der Waals surface area contributed by atoms with Gasteiger partial charge in [0.25, 0.3) is 0 Å². The van der Waals surface area contributed by atoms with Gasteiger partial charge in [0.2, 0.25) is 0 Å². The van der Waals surface area contributed by atoms with Crippen LogP contribution in [0.2, 0.25) is 0 Å². The Balaban J connectivity index is 1.82. The maximum Gasteiger partial charge on any atom is 0.309 e. The molecule has 1 saturated heterocycles. The maximum atomic E-state index is 11.5. The summed E-state index contributed by atoms with van der Waals surface area (Å²) in [4.78, 5) is 13.9. The predicted octanol–water partition coefficient (Wildman–Crippen LogP) is 1.14. The summed E-state index contributed by atoms with van der Waals surface area (Å²) in [5.41, 5.74) is 0. The second-order valence-corrected chi connectivity index (χ2v) is 4.65. The highest BCUT2D eigenvalue weighted by atomic mass is 16.5. The number of ether oxygens (including phenoxy) is 1. The Labute approximate surface area is 85.4 Å². The van der Waals surface area contributed by atoms with Crippen LogP contribution in [-0.2, 0) is 9.53 Å². The Kier molecular flexibility index (Phi) is 2.52. The first-order valence-corrected chi connectivity index (χ1v) is 5.55. The van der Waals surface area contributed by atoms with Crippen LogP contribution in [0.15, 0.2) is 0 Å². The number of rotatable bonds is 3. The Morgan fingerprint density at radius 1 is 1.43 bits per heavy atom. The lowest BCUT2D eigenvalue weighted by molar-refractivity contribution is -0.145. The van der Waals surface area contributed by atoms with Gasteiger partial charge in [0, 0.05) is 19.1 Å². The summed E-state index contributed by atoms with van der Waals surface area (Å²) in [7, 11) is 0. The number of hydrogen-bond acceptors (Lipinski definition) is 3. The number of fused-ring (bicyclic) bond motifs is 1. The van der Waals surface area contributed by atoms with Crippen LogP contribution in [0.4, 0.5) is 0 Å². The summed E-state index contributed by atoms with van der Waals surface area (Å²) >= 11 is 0. The minimum atomic E-state index is 0.0332. The van der Waals surface area contributed by atoms with Gasteiger partial charge in [-0.05, 0) is 32.6 Å². The fourth-order valence-corrected chi connectivity index (χ4v) is 2.57. The van der Waals surface area contributed by atoms with E-state index >= 15 is 0 Å². The SMILES string of the molecule is CCOC(=O)[C@@H]1[C@@H]2CN(C(C)C)C[C@@H]21. The zero-order valence-corrected chi connectivity index (χ0v) is 9.19. The molecule has 0 spiro atoms. The Morgan fingerprint density at radius 3 is 2.43 bits per heavy atom. The van der Waals surface area contributed by atoms with E-state index in [0.29, 0.717) is 24.5 Å². The second kappa shape index (κ2) is 3.54. The summed E-state index contributed by atoms with van der Waals surface area (Å²) in [5, 5.41) is 0. The summed E-state index contributed by atoms with van der Waals surface area (Å²) in [6, 6.07) is 0.616. The first-order chi connectivity index (χ1) is 6.65. The van der Waals surface area contributed by atoms with E-state index in [9.17, 15) is 4.79 Å². The largest absolute Gasteiger partial charge is 0.466 e. The molecule has 0 aromatic heterocycles. The van der Waals surface area contributed by atoms with Gasteiger partial charge in [0.1, 0.15) is 0 Å². The molecule has 0 amide bonds. The number of piperidine rings is 1. The lowest BCUT2D eigenvalue weighted by Gasteiger charge is -2.22. The number of carbonyl (C=O) groups excluding carboxylic acids is 1. The molecule has 0 aromatic rings. The third-order valence-electron chi connectivity index (χ3n) is 3.51. The molecule has 0 radical (unpaired) electrons. The van der Waals surface area contributed by atoms with Gasteiger partial charge in [0.15, 0.2) is 0 Å². The Bertz CT molecular complexity index is 227. The third kappa shape index (κ3) is 1.54. The van der Waals surface area contributed by atoms with E-state index in [1.807, 2.05) is 6.92 Å². The fraction of sp³-hybridized carbons (Fsp3) is 0.909. The number of esters is 1. The van der Waals surface area contributed by atoms with E-state index in [0.717, 1.165) is 13.1 Å². The van der Waals surface area contributed by atoms with Gasteiger partial charge in [-0.1, -0.05) is 0 Å². The Morgan fingerprint density at radius 2 is 2.00 bits per heavy atom. The van der Waals surface area contributed by atoms with Gasteiger partial charge >= 0.3 is 5.97 Å². The van der Waals surface area contributed by atoms with Gasteiger partial charge in [-0.25, -0.2) is 0 Å². The zero-order chi connectivity index (χ0) is 10.3. The Hall–Kier alpha value is -0.570. The summed E-state index contributed by atoms with van der Waals surface area (Å²) in [6.07, 6.45) is 0. The van der Waals surface area contributed by atoms with E-state index in [-0.39, 0.29) is 11.9 Å². The summed E-state index contributed by atoms with van der Waals surface area (Å²) < 4.78 is 5.04. The number of nitrogens with zero attached hydrogens (tertiary/aromatic N) is 1. The second-order valence-electron chi connectivity index (χ2n) is 4.65. The van der Waals surface area contributed by atoms with Crippen molar-refractivity contribution in [1.29, 1.82) is 0 Å². The lowest BCUT2D eigenvalue weighted by atomic mass is 10.2. The third-order valence-corrected chi connectivity index (χ3v) is 3.51. The van der Waals surface area contributed by atoms with Gasteiger partial charge < -0.3 is 9.64 Å². The molecule has 14 heavy (non-hydrogen) atoms. The van der Waals surface area contributed by atoms with Crippen molar-refractivity contribution in [3.63, 3.8) is 0 Å². The highest BCUT2D eigenvalue weighted by Gasteiger charge is 2.60. The molecule has 2 rings (SSSR count). The van der Waals surface area contributed by atoms with Gasteiger partial charge in [-0.15, -0.1) is 0 Å². The quantitative estimate of drug-likeness (QED) is 0.635. The van der Waals surface area contributed by atoms with Crippen molar-refractivity contribution in [3.8, 4) is 0 Å². The molecule has 1 saturated carbocycles. The fourth-order valence-electron chi connectivity index (χ4n) is 2.57. The van der Waals surface area contributed by atoms with Crippen LogP contribution >= 0.6 is 0 Å². The van der Waals surface area contributed by atoms with Crippen LogP contribution in [0.1, 0.15) is 20.8 Å². The van der Waals surface area contributed by atoms with E-state index in [4.69, 9.17) is 4.74 Å². The van der Waals surface area contributed by atoms with E-state index in [1.54, 1.807) is 0 Å². The van der Waals surface area contributed by atoms with Crippen molar-refractivity contribution in [2.24, 2.45) is 17.8 Å². The average molecular weight is 197 g/mol. The van der Waals surface area contributed by atoms with E-state index in [2.05, 4.69) is 18.7 Å². The van der Waals surface area contributed by atoms with Crippen molar-refractivity contribution < 1.29 is 9.53 Å². The molecule has 0 bridgehead atoms. The van der Waals surface area contributed by atoms with E-state index in [1.165, 1.54) is 0 Å². The average Bonchev–Trinajstić information content (AvgIpc) is 2.62. The first kappa shape index (κ1) is 9.97. The standard InChI is InChI=1S/C11H19NO2/c1-4-14-11(13)10-8-5-12(7(2)3)6-9(8)10/h7-10H,4-6H2,1-3H3/t8-,9+,10-. The van der Waals surface area contributed by atoms with Crippen LogP contribution < -0.4 is 0 Å². The minimum absolute atomic E-state index is 0.0332. The van der Waals surface area contributed by atoms with Crippen molar-refractivity contribution in [2.45, 2.75) is 26.8 Å². The number of likely N-dealkylation sites (tertiary alicyclic amines) is 1. The summed E-state index contributed by atoms with van der Waals surface area (Å²) in [5.74, 6) is 1.45. The van der Waals surface area contributed by atoms with Crippen LogP contribution in [-0.4, -0.2) is 36.6 Å². The molecular formula is C11H19NO2. The molecule has 1 aliphatic carbocycles. The smallest absolute Gasteiger partial charge is 0.309 e. The molecule has 3 atom stereocenters. The maximum absolute atomic E-state index is 11.5. The molecule has 3 nitrogen and oxygen atoms in total. The van der Waals surface area contributed by atoms with Crippen molar-refractivity contribution >= 4 is 5.97 Å². The summed E-state index contributed by atoms with van der Waals surface area (Å²) in [6.45, 7) is 8.99.